The predicted octanol–water partition coefficient (Wildman–Crippen LogP) is 3.03. The first-order valence-corrected chi connectivity index (χ1v) is 6.36. The maximum Gasteiger partial charge on any atom is 0.304 e. The van der Waals surface area contributed by atoms with Crippen LogP contribution in [-0.2, 0) is 16.1 Å². The highest BCUT2D eigenvalue weighted by atomic mass is 19.3. The molecule has 4 nitrogen and oxygen atoms in total. The Labute approximate surface area is 114 Å². The van der Waals surface area contributed by atoms with Crippen molar-refractivity contribution in [3.05, 3.63) is 23.3 Å². The summed E-state index contributed by atoms with van der Waals surface area (Å²) >= 11 is 0. The standard InChI is InChI=1S/C14H14F2O4/c1-13(15,16)8-4-10-11(20-7-19-10)5-9(8)14(2-3-14)6-12(17)18/h4-5H,2-3,6-7H2,1H3,(H,17,18). The van der Waals surface area contributed by atoms with Gasteiger partial charge in [-0.2, -0.15) is 0 Å². The fourth-order valence-corrected chi connectivity index (χ4v) is 2.73. The van der Waals surface area contributed by atoms with Crippen LogP contribution in [0, 0.1) is 0 Å². The van der Waals surface area contributed by atoms with Crippen molar-refractivity contribution in [2.75, 3.05) is 6.79 Å². The Morgan fingerprint density at radius 3 is 2.45 bits per heavy atom. The van der Waals surface area contributed by atoms with Crippen LogP contribution >= 0.6 is 0 Å². The van der Waals surface area contributed by atoms with Crippen molar-refractivity contribution >= 4 is 5.97 Å². The van der Waals surface area contributed by atoms with Crippen LogP contribution in [0.1, 0.15) is 37.3 Å². The molecule has 1 N–H and O–H groups in total. The topological polar surface area (TPSA) is 55.8 Å². The summed E-state index contributed by atoms with van der Waals surface area (Å²) in [5.41, 5.74) is -0.487. The lowest BCUT2D eigenvalue weighted by atomic mass is 9.86. The summed E-state index contributed by atoms with van der Waals surface area (Å²) in [6, 6.07) is 2.80. The summed E-state index contributed by atoms with van der Waals surface area (Å²) in [5, 5.41) is 8.99. The van der Waals surface area contributed by atoms with Crippen LogP contribution in [0.5, 0.6) is 11.5 Å². The molecule has 1 aliphatic carbocycles. The molecule has 0 atom stereocenters. The molecule has 1 fully saturated rings. The summed E-state index contributed by atoms with van der Waals surface area (Å²) in [4.78, 5) is 11.0. The number of alkyl halides is 2. The van der Waals surface area contributed by atoms with Crippen LogP contribution in [0.25, 0.3) is 0 Å². The van der Waals surface area contributed by atoms with Crippen molar-refractivity contribution in [2.24, 2.45) is 0 Å². The molecule has 0 unspecified atom stereocenters. The number of aliphatic carboxylic acids is 1. The lowest BCUT2D eigenvalue weighted by Gasteiger charge is -2.22. The molecule has 0 amide bonds. The van der Waals surface area contributed by atoms with Crippen LogP contribution in [0.2, 0.25) is 0 Å². The second kappa shape index (κ2) is 4.07. The molecule has 0 aromatic heterocycles. The number of ether oxygens (including phenoxy) is 2. The van der Waals surface area contributed by atoms with Gasteiger partial charge < -0.3 is 14.6 Å². The zero-order valence-electron chi connectivity index (χ0n) is 10.9. The monoisotopic (exact) mass is 284 g/mol. The van der Waals surface area contributed by atoms with Gasteiger partial charge in [-0.3, -0.25) is 4.79 Å². The third kappa shape index (κ3) is 2.09. The Morgan fingerprint density at radius 1 is 1.35 bits per heavy atom. The fraction of sp³-hybridized carbons (Fsp3) is 0.500. The maximum absolute atomic E-state index is 13.8. The normalized spacial score (nSPS) is 18.9. The predicted molar refractivity (Wildman–Crippen MR) is 65.3 cm³/mol. The third-order valence-corrected chi connectivity index (χ3v) is 3.90. The Balaban J connectivity index is 2.12. The Kier molecular flexibility index (Phi) is 2.68. The van der Waals surface area contributed by atoms with E-state index in [1.807, 2.05) is 0 Å². The van der Waals surface area contributed by atoms with Gasteiger partial charge >= 0.3 is 5.97 Å². The second-order valence-electron chi connectivity index (χ2n) is 5.49. The van der Waals surface area contributed by atoms with Crippen molar-refractivity contribution < 1.29 is 28.2 Å². The van der Waals surface area contributed by atoms with Crippen LogP contribution in [-0.4, -0.2) is 17.9 Å². The molecule has 0 saturated heterocycles. The summed E-state index contributed by atoms with van der Waals surface area (Å²) < 4.78 is 38.0. The third-order valence-electron chi connectivity index (χ3n) is 3.90. The molecular weight excluding hydrogens is 270 g/mol. The lowest BCUT2D eigenvalue weighted by Crippen LogP contribution is -2.20. The van der Waals surface area contributed by atoms with Crippen molar-refractivity contribution in [1.29, 1.82) is 0 Å². The first-order chi connectivity index (χ1) is 9.32. The fourth-order valence-electron chi connectivity index (χ4n) is 2.73. The number of rotatable bonds is 4. The van der Waals surface area contributed by atoms with Gasteiger partial charge in [-0.15, -0.1) is 0 Å². The molecule has 1 aliphatic heterocycles. The van der Waals surface area contributed by atoms with Gasteiger partial charge in [0, 0.05) is 17.9 Å². The molecule has 0 spiro atoms. The van der Waals surface area contributed by atoms with Crippen LogP contribution in [0.4, 0.5) is 8.78 Å². The minimum absolute atomic E-state index is 0.000553. The number of benzene rings is 1. The SMILES string of the molecule is CC(F)(F)c1cc2c(cc1C1(CC(=O)O)CC1)OCO2. The number of carboxylic acids is 1. The Hall–Kier alpha value is -1.85. The van der Waals surface area contributed by atoms with E-state index in [0.717, 1.165) is 6.92 Å². The number of carbonyl (C=O) groups is 1. The van der Waals surface area contributed by atoms with Gasteiger partial charge in [-0.05, 0) is 30.5 Å². The highest BCUT2D eigenvalue weighted by Gasteiger charge is 2.50. The molecule has 20 heavy (non-hydrogen) atoms. The van der Waals surface area contributed by atoms with E-state index in [0.29, 0.717) is 24.2 Å². The molecule has 1 heterocycles. The quantitative estimate of drug-likeness (QED) is 0.923. The van der Waals surface area contributed by atoms with Crippen LogP contribution in [0.3, 0.4) is 0 Å². The molecule has 1 aromatic rings. The van der Waals surface area contributed by atoms with E-state index in [2.05, 4.69) is 0 Å². The van der Waals surface area contributed by atoms with E-state index in [-0.39, 0.29) is 24.5 Å². The first kappa shape index (κ1) is 13.1. The number of carboxylic acid groups (broad SMARTS) is 1. The zero-order chi connectivity index (χ0) is 14.5. The van der Waals surface area contributed by atoms with Gasteiger partial charge in [0.15, 0.2) is 11.5 Å². The molecular formula is C14H14F2O4. The smallest absolute Gasteiger partial charge is 0.304 e. The average molecular weight is 284 g/mol. The van der Waals surface area contributed by atoms with E-state index < -0.39 is 17.3 Å². The molecule has 3 rings (SSSR count). The van der Waals surface area contributed by atoms with Gasteiger partial charge in [0.05, 0.1) is 6.42 Å². The van der Waals surface area contributed by atoms with Crippen molar-refractivity contribution in [2.45, 2.75) is 37.5 Å². The molecule has 108 valence electrons. The molecule has 1 aromatic carbocycles. The summed E-state index contributed by atoms with van der Waals surface area (Å²) in [6.45, 7) is 0.810. The van der Waals surface area contributed by atoms with Gasteiger partial charge in [0.2, 0.25) is 6.79 Å². The summed E-state index contributed by atoms with van der Waals surface area (Å²) in [5.74, 6) is -3.34. The van der Waals surface area contributed by atoms with Crippen LogP contribution in [0.15, 0.2) is 12.1 Å². The highest BCUT2D eigenvalue weighted by molar-refractivity contribution is 5.71. The van der Waals surface area contributed by atoms with E-state index in [4.69, 9.17) is 14.6 Å². The van der Waals surface area contributed by atoms with Gasteiger partial charge in [-0.25, -0.2) is 8.78 Å². The molecule has 6 heteroatoms. The van der Waals surface area contributed by atoms with Gasteiger partial charge in [0.1, 0.15) is 0 Å². The van der Waals surface area contributed by atoms with E-state index >= 15 is 0 Å². The Morgan fingerprint density at radius 2 is 1.95 bits per heavy atom. The largest absolute Gasteiger partial charge is 0.481 e. The molecule has 2 aliphatic rings. The first-order valence-electron chi connectivity index (χ1n) is 6.36. The Bertz CT molecular complexity index is 573. The minimum Gasteiger partial charge on any atom is -0.481 e. The minimum atomic E-state index is -3.05. The van der Waals surface area contributed by atoms with Crippen molar-refractivity contribution in [1.82, 2.24) is 0 Å². The van der Waals surface area contributed by atoms with Crippen molar-refractivity contribution in [3.63, 3.8) is 0 Å². The maximum atomic E-state index is 13.8. The van der Waals surface area contributed by atoms with Gasteiger partial charge in [0.25, 0.3) is 5.92 Å². The van der Waals surface area contributed by atoms with Crippen molar-refractivity contribution in [3.8, 4) is 11.5 Å². The number of halogens is 2. The summed E-state index contributed by atoms with van der Waals surface area (Å²) in [6.07, 6.45) is 1.06. The average Bonchev–Trinajstić information content (AvgIpc) is 2.95. The van der Waals surface area contributed by atoms with Gasteiger partial charge in [-0.1, -0.05) is 0 Å². The number of hydrogen-bond donors (Lipinski definition) is 1. The molecule has 1 saturated carbocycles. The second-order valence-corrected chi connectivity index (χ2v) is 5.49. The molecule has 0 bridgehead atoms. The number of fused-ring (bicyclic) bond motifs is 1. The number of hydrogen-bond acceptors (Lipinski definition) is 3. The summed E-state index contributed by atoms with van der Waals surface area (Å²) in [7, 11) is 0. The zero-order valence-corrected chi connectivity index (χ0v) is 10.9. The van der Waals surface area contributed by atoms with E-state index in [9.17, 15) is 13.6 Å². The van der Waals surface area contributed by atoms with E-state index in [1.54, 1.807) is 0 Å². The van der Waals surface area contributed by atoms with E-state index in [1.165, 1.54) is 12.1 Å². The molecule has 0 radical (unpaired) electrons. The highest BCUT2D eigenvalue weighted by Crippen LogP contribution is 2.56. The van der Waals surface area contributed by atoms with Crippen LogP contribution < -0.4 is 9.47 Å². The lowest BCUT2D eigenvalue weighted by molar-refractivity contribution is -0.137.